The van der Waals surface area contributed by atoms with Crippen LogP contribution in [0.25, 0.3) is 0 Å². The first-order valence-corrected chi connectivity index (χ1v) is 6.22. The van der Waals surface area contributed by atoms with Gasteiger partial charge in [-0.1, -0.05) is 6.07 Å². The molecule has 0 spiro atoms. The molecule has 3 heteroatoms. The summed E-state index contributed by atoms with van der Waals surface area (Å²) < 4.78 is 5.33. The largest absolute Gasteiger partial charge is 0.496 e. The van der Waals surface area contributed by atoms with Gasteiger partial charge in [-0.2, -0.15) is 0 Å². The first kappa shape index (κ1) is 14.7. The van der Waals surface area contributed by atoms with Gasteiger partial charge in [-0.3, -0.25) is 4.79 Å². The van der Waals surface area contributed by atoms with Crippen molar-refractivity contribution in [1.82, 2.24) is 0 Å². The molecule has 0 aliphatic carbocycles. The summed E-state index contributed by atoms with van der Waals surface area (Å²) in [5.41, 5.74) is 8.32. The molecule has 0 unspecified atom stereocenters. The number of methoxy groups -OCH3 is 1. The third-order valence-corrected chi connectivity index (χ3v) is 2.92. The molecular weight excluding hydrogens is 226 g/mol. The number of aryl methyl sites for hydroxylation is 2. The monoisotopic (exact) mass is 249 g/mol. The van der Waals surface area contributed by atoms with Crippen LogP contribution in [0.4, 0.5) is 0 Å². The van der Waals surface area contributed by atoms with Gasteiger partial charge < -0.3 is 10.5 Å². The lowest BCUT2D eigenvalue weighted by Crippen LogP contribution is -2.32. The number of hydrogen-bond donors (Lipinski definition) is 1. The third-order valence-electron chi connectivity index (χ3n) is 2.92. The van der Waals surface area contributed by atoms with Gasteiger partial charge in [0.05, 0.1) is 12.7 Å². The van der Waals surface area contributed by atoms with Crippen LogP contribution in [0.2, 0.25) is 0 Å². The molecule has 0 fully saturated rings. The summed E-state index contributed by atoms with van der Waals surface area (Å²) in [4.78, 5) is 12.2. The van der Waals surface area contributed by atoms with Crippen LogP contribution < -0.4 is 10.5 Å². The van der Waals surface area contributed by atoms with Crippen molar-refractivity contribution in [2.75, 3.05) is 7.11 Å². The van der Waals surface area contributed by atoms with Crippen LogP contribution >= 0.6 is 0 Å². The van der Waals surface area contributed by atoms with E-state index in [2.05, 4.69) is 0 Å². The Morgan fingerprint density at radius 2 is 1.94 bits per heavy atom. The van der Waals surface area contributed by atoms with Gasteiger partial charge in [0, 0.05) is 12.0 Å². The maximum Gasteiger partial charge on any atom is 0.166 e. The first-order valence-electron chi connectivity index (χ1n) is 6.22. The molecule has 0 saturated heterocycles. The van der Waals surface area contributed by atoms with E-state index in [0.717, 1.165) is 11.1 Å². The van der Waals surface area contributed by atoms with Gasteiger partial charge in [0.2, 0.25) is 0 Å². The van der Waals surface area contributed by atoms with Gasteiger partial charge in [0.15, 0.2) is 5.78 Å². The fraction of sp³-hybridized carbons (Fsp3) is 0.533. The first-order chi connectivity index (χ1) is 8.24. The summed E-state index contributed by atoms with van der Waals surface area (Å²) in [6.45, 7) is 7.80. The predicted octanol–water partition coefficient (Wildman–Crippen LogP) is 3.01. The predicted molar refractivity (Wildman–Crippen MR) is 74.3 cm³/mol. The summed E-state index contributed by atoms with van der Waals surface area (Å²) in [5.74, 6) is 0.776. The molecule has 100 valence electrons. The maximum atomic E-state index is 12.2. The number of Topliss-reactive ketones (excluding diaryl/α,β-unsaturated/α-hetero) is 1. The number of carbonyl (C=O) groups is 1. The van der Waals surface area contributed by atoms with E-state index in [0.29, 0.717) is 24.2 Å². The zero-order valence-electron chi connectivity index (χ0n) is 12.0. The van der Waals surface area contributed by atoms with Crippen molar-refractivity contribution < 1.29 is 9.53 Å². The van der Waals surface area contributed by atoms with Gasteiger partial charge >= 0.3 is 0 Å². The van der Waals surface area contributed by atoms with E-state index in [1.54, 1.807) is 7.11 Å². The van der Waals surface area contributed by atoms with Gasteiger partial charge in [-0.25, -0.2) is 0 Å². The van der Waals surface area contributed by atoms with Crippen molar-refractivity contribution in [3.8, 4) is 5.75 Å². The van der Waals surface area contributed by atoms with Crippen LogP contribution in [-0.2, 0) is 0 Å². The Morgan fingerprint density at radius 1 is 1.33 bits per heavy atom. The number of benzene rings is 1. The fourth-order valence-electron chi connectivity index (χ4n) is 2.00. The standard InChI is InChI=1S/C15H23NO2/c1-10-8-11(2)14(18-5)12(9-10)13(17)6-7-15(3,4)16/h8-9H,6-7,16H2,1-5H3. The van der Waals surface area contributed by atoms with Crippen LogP contribution in [0.3, 0.4) is 0 Å². The minimum Gasteiger partial charge on any atom is -0.496 e. The average molecular weight is 249 g/mol. The highest BCUT2D eigenvalue weighted by molar-refractivity contribution is 5.99. The molecule has 0 amide bonds. The van der Waals surface area contributed by atoms with E-state index in [-0.39, 0.29) is 11.3 Å². The lowest BCUT2D eigenvalue weighted by molar-refractivity contribution is 0.0969. The van der Waals surface area contributed by atoms with Crippen molar-refractivity contribution in [2.45, 2.75) is 46.1 Å². The SMILES string of the molecule is COc1c(C)cc(C)cc1C(=O)CCC(C)(C)N. The second-order valence-electron chi connectivity index (χ2n) is 5.57. The lowest BCUT2D eigenvalue weighted by atomic mass is 9.94. The molecule has 18 heavy (non-hydrogen) atoms. The molecule has 0 aromatic heterocycles. The Morgan fingerprint density at radius 3 is 2.44 bits per heavy atom. The Hall–Kier alpha value is -1.35. The van der Waals surface area contributed by atoms with Gasteiger partial charge in [-0.15, -0.1) is 0 Å². The fourth-order valence-corrected chi connectivity index (χ4v) is 2.00. The number of ether oxygens (including phenoxy) is 1. The molecule has 0 aliphatic rings. The normalized spacial score (nSPS) is 11.4. The molecule has 0 atom stereocenters. The van der Waals surface area contributed by atoms with Crippen LogP contribution in [0, 0.1) is 13.8 Å². The number of ketones is 1. The Kier molecular flexibility index (Phi) is 4.52. The zero-order valence-corrected chi connectivity index (χ0v) is 12.0. The highest BCUT2D eigenvalue weighted by Gasteiger charge is 2.18. The van der Waals surface area contributed by atoms with E-state index < -0.39 is 0 Å². The average Bonchev–Trinajstić information content (AvgIpc) is 2.24. The number of carbonyl (C=O) groups excluding carboxylic acids is 1. The molecule has 0 aliphatic heterocycles. The summed E-state index contributed by atoms with van der Waals surface area (Å²) in [5, 5.41) is 0. The molecule has 1 rings (SSSR count). The van der Waals surface area contributed by atoms with E-state index in [4.69, 9.17) is 10.5 Å². The second-order valence-corrected chi connectivity index (χ2v) is 5.57. The zero-order chi connectivity index (χ0) is 13.9. The topological polar surface area (TPSA) is 52.3 Å². The molecule has 1 aromatic carbocycles. The van der Waals surface area contributed by atoms with Crippen LogP contribution in [-0.4, -0.2) is 18.4 Å². The molecule has 0 radical (unpaired) electrons. The quantitative estimate of drug-likeness (QED) is 0.816. The van der Waals surface area contributed by atoms with Crippen molar-refractivity contribution in [1.29, 1.82) is 0 Å². The molecule has 1 aromatic rings. The minimum absolute atomic E-state index is 0.0946. The smallest absolute Gasteiger partial charge is 0.166 e. The molecule has 0 heterocycles. The van der Waals surface area contributed by atoms with Crippen molar-refractivity contribution in [3.05, 3.63) is 28.8 Å². The van der Waals surface area contributed by atoms with Crippen LogP contribution in [0.5, 0.6) is 5.75 Å². The van der Waals surface area contributed by atoms with Crippen LogP contribution in [0.1, 0.15) is 48.2 Å². The van der Waals surface area contributed by atoms with Gasteiger partial charge in [0.25, 0.3) is 0 Å². The summed E-state index contributed by atoms with van der Waals surface area (Å²) in [6, 6.07) is 3.90. The van der Waals surface area contributed by atoms with E-state index in [9.17, 15) is 4.79 Å². The Bertz CT molecular complexity index is 445. The molecule has 0 bridgehead atoms. The number of nitrogens with two attached hydrogens (primary N) is 1. The summed E-state index contributed by atoms with van der Waals surface area (Å²) in [7, 11) is 1.60. The Labute approximate surface area is 109 Å². The second kappa shape index (κ2) is 5.53. The highest BCUT2D eigenvalue weighted by atomic mass is 16.5. The summed E-state index contributed by atoms with van der Waals surface area (Å²) in [6.07, 6.45) is 1.12. The van der Waals surface area contributed by atoms with Gasteiger partial charge in [-0.05, 0) is 51.3 Å². The van der Waals surface area contributed by atoms with E-state index >= 15 is 0 Å². The third kappa shape index (κ3) is 3.84. The lowest BCUT2D eigenvalue weighted by Gasteiger charge is -2.18. The van der Waals surface area contributed by atoms with Crippen molar-refractivity contribution >= 4 is 5.78 Å². The Balaban J connectivity index is 2.98. The molecule has 2 N–H and O–H groups in total. The van der Waals surface area contributed by atoms with E-state index in [1.807, 2.05) is 39.8 Å². The number of rotatable bonds is 5. The van der Waals surface area contributed by atoms with Gasteiger partial charge in [0.1, 0.15) is 5.75 Å². The van der Waals surface area contributed by atoms with Crippen molar-refractivity contribution in [2.24, 2.45) is 5.73 Å². The van der Waals surface area contributed by atoms with Crippen LogP contribution in [0.15, 0.2) is 12.1 Å². The highest BCUT2D eigenvalue weighted by Crippen LogP contribution is 2.27. The molecular formula is C15H23NO2. The summed E-state index contributed by atoms with van der Waals surface area (Å²) >= 11 is 0. The number of hydrogen-bond acceptors (Lipinski definition) is 3. The van der Waals surface area contributed by atoms with E-state index in [1.165, 1.54) is 0 Å². The molecule has 3 nitrogen and oxygen atoms in total. The minimum atomic E-state index is -0.318. The molecule has 0 saturated carbocycles. The maximum absolute atomic E-state index is 12.2. The van der Waals surface area contributed by atoms with Crippen molar-refractivity contribution in [3.63, 3.8) is 0 Å².